The molecule has 1 saturated heterocycles. The quantitative estimate of drug-likeness (QED) is 0.755. The number of piperidine rings is 1. The summed E-state index contributed by atoms with van der Waals surface area (Å²) in [6.07, 6.45) is 1.97. The first-order valence-electron chi connectivity index (χ1n) is 8.55. The van der Waals surface area contributed by atoms with Crippen molar-refractivity contribution in [2.24, 2.45) is 0 Å². The fourth-order valence-electron chi connectivity index (χ4n) is 3.35. The molecule has 0 amide bonds. The topological polar surface area (TPSA) is 44.0 Å². The second-order valence-electron chi connectivity index (χ2n) is 6.55. The number of halogens is 2. The summed E-state index contributed by atoms with van der Waals surface area (Å²) in [4.78, 5) is 10.1. The minimum Gasteiger partial charge on any atom is -0.353 e. The van der Waals surface area contributed by atoms with E-state index >= 15 is 0 Å². The Hall–Kier alpha value is -2.47. The molecule has 2 N–H and O–H groups in total. The van der Waals surface area contributed by atoms with Gasteiger partial charge in [0.25, 0.3) is 0 Å². The third-order valence-corrected chi connectivity index (χ3v) is 4.71. The standard InChI is InChI=1S/C19H20F2N4/c20-15-6-5-13(11-16(15)21)12-25-9-7-14(8-10-25)22-19-23-17-3-1-2-4-18(17)24-19/h1-6,11,14H,7-10,12H2,(H2,22,23,24). The molecule has 2 aromatic carbocycles. The average molecular weight is 342 g/mol. The Morgan fingerprint density at radius 1 is 1.08 bits per heavy atom. The van der Waals surface area contributed by atoms with E-state index in [0.717, 1.165) is 48.5 Å². The van der Waals surface area contributed by atoms with Crippen LogP contribution in [0, 0.1) is 11.6 Å². The summed E-state index contributed by atoms with van der Waals surface area (Å²) in [5.41, 5.74) is 2.80. The van der Waals surface area contributed by atoms with Crippen LogP contribution in [0.3, 0.4) is 0 Å². The number of likely N-dealkylation sites (tertiary alicyclic amines) is 1. The van der Waals surface area contributed by atoms with E-state index in [9.17, 15) is 8.78 Å². The normalized spacial score (nSPS) is 16.4. The van der Waals surface area contributed by atoms with E-state index in [1.54, 1.807) is 6.07 Å². The number of benzene rings is 2. The summed E-state index contributed by atoms with van der Waals surface area (Å²) in [6, 6.07) is 12.5. The number of fused-ring (bicyclic) bond motifs is 1. The summed E-state index contributed by atoms with van der Waals surface area (Å²) in [6.45, 7) is 2.47. The van der Waals surface area contributed by atoms with Crippen molar-refractivity contribution in [1.29, 1.82) is 0 Å². The second kappa shape index (κ2) is 6.80. The SMILES string of the molecule is Fc1ccc(CN2CCC(Nc3nc4ccccc4[nH]3)CC2)cc1F. The van der Waals surface area contributed by atoms with Gasteiger partial charge in [-0.3, -0.25) is 4.90 Å². The third-order valence-electron chi connectivity index (χ3n) is 4.71. The molecule has 1 aromatic heterocycles. The van der Waals surface area contributed by atoms with Gasteiger partial charge in [0.15, 0.2) is 11.6 Å². The molecule has 25 heavy (non-hydrogen) atoms. The fraction of sp³-hybridized carbons (Fsp3) is 0.316. The number of hydrogen-bond acceptors (Lipinski definition) is 3. The van der Waals surface area contributed by atoms with Crippen molar-refractivity contribution in [2.45, 2.75) is 25.4 Å². The van der Waals surface area contributed by atoms with Crippen molar-refractivity contribution in [2.75, 3.05) is 18.4 Å². The molecule has 0 bridgehead atoms. The maximum atomic E-state index is 13.3. The molecule has 6 heteroatoms. The fourth-order valence-corrected chi connectivity index (χ4v) is 3.35. The smallest absolute Gasteiger partial charge is 0.201 e. The molecule has 1 aliphatic rings. The van der Waals surface area contributed by atoms with Gasteiger partial charge in [-0.1, -0.05) is 18.2 Å². The summed E-state index contributed by atoms with van der Waals surface area (Å²) in [7, 11) is 0. The molecule has 0 spiro atoms. The Labute approximate surface area is 144 Å². The summed E-state index contributed by atoms with van der Waals surface area (Å²) < 4.78 is 26.3. The number of rotatable bonds is 4. The number of aromatic amines is 1. The van der Waals surface area contributed by atoms with Crippen LogP contribution in [0.15, 0.2) is 42.5 Å². The molecule has 3 aromatic rings. The van der Waals surface area contributed by atoms with Crippen LogP contribution < -0.4 is 5.32 Å². The Morgan fingerprint density at radius 3 is 2.64 bits per heavy atom. The van der Waals surface area contributed by atoms with Crippen LogP contribution in [0.1, 0.15) is 18.4 Å². The van der Waals surface area contributed by atoms with E-state index in [2.05, 4.69) is 20.2 Å². The maximum Gasteiger partial charge on any atom is 0.201 e. The van der Waals surface area contributed by atoms with E-state index in [0.29, 0.717) is 12.6 Å². The lowest BCUT2D eigenvalue weighted by Gasteiger charge is -2.32. The Bertz CT molecular complexity index is 836. The molecule has 0 unspecified atom stereocenters. The summed E-state index contributed by atoms with van der Waals surface area (Å²) >= 11 is 0. The van der Waals surface area contributed by atoms with Gasteiger partial charge < -0.3 is 10.3 Å². The maximum absolute atomic E-state index is 13.3. The molecular weight excluding hydrogens is 322 g/mol. The largest absolute Gasteiger partial charge is 0.353 e. The lowest BCUT2D eigenvalue weighted by molar-refractivity contribution is 0.210. The second-order valence-corrected chi connectivity index (χ2v) is 6.55. The molecule has 1 fully saturated rings. The van der Waals surface area contributed by atoms with Gasteiger partial charge in [0.2, 0.25) is 5.95 Å². The van der Waals surface area contributed by atoms with Gasteiger partial charge in [-0.05, 0) is 42.7 Å². The van der Waals surface area contributed by atoms with Gasteiger partial charge in [-0.15, -0.1) is 0 Å². The molecule has 0 saturated carbocycles. The van der Waals surface area contributed by atoms with Crippen LogP contribution in [-0.4, -0.2) is 34.0 Å². The Balaban J connectivity index is 1.32. The third kappa shape index (κ3) is 3.64. The minimum atomic E-state index is -0.794. The number of imidazole rings is 1. The number of anilines is 1. The number of hydrogen-bond donors (Lipinski definition) is 2. The number of aromatic nitrogens is 2. The van der Waals surface area contributed by atoms with Crippen LogP contribution in [-0.2, 0) is 6.54 Å². The van der Waals surface area contributed by atoms with E-state index in [-0.39, 0.29) is 0 Å². The predicted octanol–water partition coefficient (Wildman–Crippen LogP) is 3.92. The Morgan fingerprint density at radius 2 is 1.88 bits per heavy atom. The van der Waals surface area contributed by atoms with Crippen LogP contribution in [0.4, 0.5) is 14.7 Å². The van der Waals surface area contributed by atoms with E-state index in [1.165, 1.54) is 12.1 Å². The highest BCUT2D eigenvalue weighted by Crippen LogP contribution is 2.19. The first-order valence-corrected chi connectivity index (χ1v) is 8.55. The van der Waals surface area contributed by atoms with Crippen molar-refractivity contribution in [3.8, 4) is 0 Å². The van der Waals surface area contributed by atoms with Gasteiger partial charge in [0.05, 0.1) is 11.0 Å². The van der Waals surface area contributed by atoms with Crippen molar-refractivity contribution in [1.82, 2.24) is 14.9 Å². The molecule has 0 atom stereocenters. The highest BCUT2D eigenvalue weighted by molar-refractivity contribution is 5.77. The van der Waals surface area contributed by atoms with Crippen molar-refractivity contribution >= 4 is 17.0 Å². The molecule has 0 aliphatic carbocycles. The zero-order valence-corrected chi connectivity index (χ0v) is 13.8. The Kier molecular flexibility index (Phi) is 4.36. The molecule has 2 heterocycles. The lowest BCUT2D eigenvalue weighted by atomic mass is 10.0. The van der Waals surface area contributed by atoms with Gasteiger partial charge in [0, 0.05) is 25.7 Å². The van der Waals surface area contributed by atoms with Crippen LogP contribution in [0.5, 0.6) is 0 Å². The van der Waals surface area contributed by atoms with Crippen LogP contribution in [0.2, 0.25) is 0 Å². The number of nitrogens with one attached hydrogen (secondary N) is 2. The first kappa shape index (κ1) is 16.0. The first-order chi connectivity index (χ1) is 12.2. The van der Waals surface area contributed by atoms with E-state index in [1.807, 2.05) is 24.3 Å². The van der Waals surface area contributed by atoms with Gasteiger partial charge in [-0.25, -0.2) is 13.8 Å². The highest BCUT2D eigenvalue weighted by Gasteiger charge is 2.20. The summed E-state index contributed by atoms with van der Waals surface area (Å²) in [5.74, 6) is -0.767. The zero-order chi connectivity index (χ0) is 17.2. The minimum absolute atomic E-state index is 0.363. The van der Waals surface area contributed by atoms with E-state index < -0.39 is 11.6 Å². The molecule has 1 aliphatic heterocycles. The van der Waals surface area contributed by atoms with Gasteiger partial charge in [0.1, 0.15) is 0 Å². The predicted molar refractivity (Wildman–Crippen MR) is 94.4 cm³/mol. The number of nitrogens with zero attached hydrogens (tertiary/aromatic N) is 2. The monoisotopic (exact) mass is 342 g/mol. The van der Waals surface area contributed by atoms with Gasteiger partial charge in [-0.2, -0.15) is 0 Å². The number of para-hydroxylation sites is 2. The molecule has 130 valence electrons. The summed E-state index contributed by atoms with van der Waals surface area (Å²) in [5, 5.41) is 3.47. The highest BCUT2D eigenvalue weighted by atomic mass is 19.2. The van der Waals surface area contributed by atoms with Crippen molar-refractivity contribution in [3.05, 3.63) is 59.7 Å². The molecule has 4 nitrogen and oxygen atoms in total. The van der Waals surface area contributed by atoms with E-state index in [4.69, 9.17) is 0 Å². The number of H-pyrrole nitrogens is 1. The van der Waals surface area contributed by atoms with Crippen molar-refractivity contribution < 1.29 is 8.78 Å². The molecular formula is C19H20F2N4. The molecule has 0 radical (unpaired) electrons. The van der Waals surface area contributed by atoms with Crippen molar-refractivity contribution in [3.63, 3.8) is 0 Å². The van der Waals surface area contributed by atoms with Crippen LogP contribution in [0.25, 0.3) is 11.0 Å². The molecule has 4 rings (SSSR count). The zero-order valence-electron chi connectivity index (χ0n) is 13.8. The van der Waals surface area contributed by atoms with Crippen LogP contribution >= 0.6 is 0 Å². The lowest BCUT2D eigenvalue weighted by Crippen LogP contribution is -2.38. The average Bonchev–Trinajstić information content (AvgIpc) is 3.02. The van der Waals surface area contributed by atoms with Gasteiger partial charge >= 0.3 is 0 Å².